The van der Waals surface area contributed by atoms with Gasteiger partial charge < -0.3 is 11.1 Å². The largest absolute Gasteiger partial charge is 0.397 e. The van der Waals surface area contributed by atoms with Gasteiger partial charge in [0.2, 0.25) is 0 Å². The number of allylic oxidation sites excluding steroid dienone is 3. The van der Waals surface area contributed by atoms with Crippen LogP contribution in [0.4, 0.5) is 11.5 Å². The van der Waals surface area contributed by atoms with Crippen molar-refractivity contribution in [2.45, 2.75) is 19.8 Å². The highest BCUT2D eigenvalue weighted by molar-refractivity contribution is 5.83. The third-order valence-corrected chi connectivity index (χ3v) is 4.50. The third-order valence-electron chi connectivity index (χ3n) is 4.50. The summed E-state index contributed by atoms with van der Waals surface area (Å²) in [5.41, 5.74) is 9.61. The summed E-state index contributed by atoms with van der Waals surface area (Å²) in [4.78, 5) is 17.3. The summed E-state index contributed by atoms with van der Waals surface area (Å²) < 4.78 is 1.96. The second-order valence-corrected chi connectivity index (χ2v) is 6.36. The van der Waals surface area contributed by atoms with Gasteiger partial charge in [-0.05, 0) is 44.0 Å². The third kappa shape index (κ3) is 2.88. The van der Waals surface area contributed by atoms with E-state index in [1.807, 2.05) is 47.9 Å². The van der Waals surface area contributed by atoms with E-state index in [0.29, 0.717) is 28.2 Å². The van der Waals surface area contributed by atoms with Crippen molar-refractivity contribution in [3.8, 4) is 5.69 Å². The van der Waals surface area contributed by atoms with Crippen LogP contribution in [0.5, 0.6) is 0 Å². The molecule has 2 aromatic heterocycles. The fourth-order valence-corrected chi connectivity index (χ4v) is 3.12. The fraction of sp³-hybridized carbons (Fsp3) is 0.143. The Kier molecular flexibility index (Phi) is 4.05. The highest BCUT2D eigenvalue weighted by Gasteiger charge is 2.14. The van der Waals surface area contributed by atoms with Crippen LogP contribution >= 0.6 is 0 Å². The van der Waals surface area contributed by atoms with Crippen molar-refractivity contribution in [3.63, 3.8) is 0 Å². The summed E-state index contributed by atoms with van der Waals surface area (Å²) in [6.07, 6.45) is 8.31. The number of anilines is 2. The van der Waals surface area contributed by atoms with Gasteiger partial charge in [0.1, 0.15) is 11.5 Å². The van der Waals surface area contributed by atoms with Gasteiger partial charge in [0, 0.05) is 17.5 Å². The molecule has 1 aliphatic carbocycles. The van der Waals surface area contributed by atoms with Crippen molar-refractivity contribution in [1.82, 2.24) is 9.55 Å². The van der Waals surface area contributed by atoms with Gasteiger partial charge in [-0.1, -0.05) is 30.4 Å². The number of benzene rings is 1. The molecule has 0 radical (unpaired) electrons. The minimum Gasteiger partial charge on any atom is -0.397 e. The Hall–Kier alpha value is -3.34. The molecule has 0 atom stereocenters. The average Bonchev–Trinajstić information content (AvgIpc) is 2.65. The van der Waals surface area contributed by atoms with Gasteiger partial charge in [-0.15, -0.1) is 0 Å². The predicted molar refractivity (Wildman–Crippen MR) is 107 cm³/mol. The highest BCUT2D eigenvalue weighted by atomic mass is 16.1. The Bertz CT molecular complexity index is 1090. The molecule has 0 amide bonds. The fourth-order valence-electron chi connectivity index (χ4n) is 3.12. The second kappa shape index (κ2) is 6.52. The Morgan fingerprint density at radius 1 is 1.15 bits per heavy atom. The van der Waals surface area contributed by atoms with Crippen LogP contribution in [0.1, 0.15) is 18.5 Å². The maximum Gasteiger partial charge on any atom is 0.193 e. The molecule has 0 bridgehead atoms. The Labute approximate surface area is 151 Å². The van der Waals surface area contributed by atoms with Gasteiger partial charge >= 0.3 is 0 Å². The maximum absolute atomic E-state index is 12.7. The van der Waals surface area contributed by atoms with Crippen molar-refractivity contribution in [3.05, 3.63) is 82.3 Å². The molecule has 1 aliphatic rings. The SMILES string of the molecule is Cc1nc2c(cc1N)c(=O)cc(NC1=CCCC=C1)n2-c1ccccc1. The van der Waals surface area contributed by atoms with E-state index in [1.54, 1.807) is 12.1 Å². The highest BCUT2D eigenvalue weighted by Crippen LogP contribution is 2.25. The van der Waals surface area contributed by atoms with Gasteiger partial charge in [-0.3, -0.25) is 9.36 Å². The molecule has 0 saturated carbocycles. The summed E-state index contributed by atoms with van der Waals surface area (Å²) in [6.45, 7) is 1.85. The van der Waals surface area contributed by atoms with Gasteiger partial charge in [0.05, 0.1) is 16.8 Å². The zero-order valence-corrected chi connectivity index (χ0v) is 14.6. The first-order valence-electron chi connectivity index (χ1n) is 8.65. The maximum atomic E-state index is 12.7. The Morgan fingerprint density at radius 3 is 2.69 bits per heavy atom. The van der Waals surface area contributed by atoms with Gasteiger partial charge in [-0.25, -0.2) is 4.98 Å². The number of fused-ring (bicyclic) bond motifs is 1. The van der Waals surface area contributed by atoms with Crippen molar-refractivity contribution in [1.29, 1.82) is 0 Å². The number of para-hydroxylation sites is 1. The van der Waals surface area contributed by atoms with Crippen LogP contribution < -0.4 is 16.5 Å². The number of nitrogens with zero attached hydrogens (tertiary/aromatic N) is 2. The molecule has 26 heavy (non-hydrogen) atoms. The molecule has 130 valence electrons. The first-order chi connectivity index (χ1) is 12.6. The molecule has 0 spiro atoms. The lowest BCUT2D eigenvalue weighted by Gasteiger charge is -2.19. The number of hydrogen-bond acceptors (Lipinski definition) is 4. The molecule has 2 heterocycles. The van der Waals surface area contributed by atoms with Crippen LogP contribution in [0.2, 0.25) is 0 Å². The van der Waals surface area contributed by atoms with E-state index >= 15 is 0 Å². The van der Waals surface area contributed by atoms with E-state index in [1.165, 1.54) is 0 Å². The van der Waals surface area contributed by atoms with Gasteiger partial charge in [0.25, 0.3) is 0 Å². The number of aromatic nitrogens is 2. The molecule has 0 saturated heterocycles. The van der Waals surface area contributed by atoms with Crippen molar-refractivity contribution >= 4 is 22.5 Å². The molecule has 0 fully saturated rings. The average molecular weight is 344 g/mol. The Morgan fingerprint density at radius 2 is 1.96 bits per heavy atom. The molecule has 3 aromatic rings. The van der Waals surface area contributed by atoms with E-state index in [9.17, 15) is 4.79 Å². The Balaban J connectivity index is 2.01. The number of nitrogens with one attached hydrogen (secondary N) is 1. The molecular weight excluding hydrogens is 324 g/mol. The monoisotopic (exact) mass is 344 g/mol. The molecule has 5 nitrogen and oxygen atoms in total. The number of rotatable bonds is 3. The number of hydrogen-bond donors (Lipinski definition) is 2. The molecule has 1 aromatic carbocycles. The summed E-state index contributed by atoms with van der Waals surface area (Å²) in [5, 5.41) is 3.89. The van der Waals surface area contributed by atoms with E-state index in [-0.39, 0.29) is 5.43 Å². The lowest BCUT2D eigenvalue weighted by Crippen LogP contribution is -2.16. The van der Waals surface area contributed by atoms with Crippen molar-refractivity contribution < 1.29 is 0 Å². The summed E-state index contributed by atoms with van der Waals surface area (Å²) in [5.74, 6) is 0.683. The lowest BCUT2D eigenvalue weighted by molar-refractivity contribution is 1.01. The van der Waals surface area contributed by atoms with Crippen LogP contribution in [0.25, 0.3) is 16.7 Å². The van der Waals surface area contributed by atoms with E-state index < -0.39 is 0 Å². The van der Waals surface area contributed by atoms with Crippen LogP contribution in [-0.4, -0.2) is 9.55 Å². The first-order valence-corrected chi connectivity index (χ1v) is 8.65. The smallest absolute Gasteiger partial charge is 0.193 e. The molecular formula is C21H20N4O. The molecule has 0 unspecified atom stereocenters. The van der Waals surface area contributed by atoms with Gasteiger partial charge in [-0.2, -0.15) is 0 Å². The van der Waals surface area contributed by atoms with Crippen LogP contribution in [-0.2, 0) is 0 Å². The normalized spacial score (nSPS) is 13.7. The van der Waals surface area contributed by atoms with Crippen LogP contribution in [0.3, 0.4) is 0 Å². The number of aryl methyl sites for hydroxylation is 1. The molecule has 0 aliphatic heterocycles. The quantitative estimate of drug-likeness (QED) is 0.755. The van der Waals surface area contributed by atoms with E-state index in [4.69, 9.17) is 5.73 Å². The molecule has 5 heteroatoms. The summed E-state index contributed by atoms with van der Waals surface area (Å²) in [6, 6.07) is 13.2. The zero-order chi connectivity index (χ0) is 18.1. The first kappa shape index (κ1) is 16.1. The van der Waals surface area contributed by atoms with Crippen molar-refractivity contribution in [2.75, 3.05) is 11.1 Å². The standard InChI is InChI=1S/C21H20N4O/c1-14-18(22)12-17-19(26)13-20(24-15-8-4-2-5-9-15)25(21(17)23-14)16-10-6-3-7-11-16/h3-4,6-13,24H,2,5,22H2,1H3. The van der Waals surface area contributed by atoms with Crippen LogP contribution in [0, 0.1) is 6.92 Å². The summed E-state index contributed by atoms with van der Waals surface area (Å²) >= 11 is 0. The van der Waals surface area contributed by atoms with Crippen molar-refractivity contribution in [2.24, 2.45) is 0 Å². The summed E-state index contributed by atoms with van der Waals surface area (Å²) in [7, 11) is 0. The lowest BCUT2D eigenvalue weighted by atomic mass is 10.1. The van der Waals surface area contributed by atoms with E-state index in [2.05, 4.69) is 22.5 Å². The zero-order valence-electron chi connectivity index (χ0n) is 14.6. The second-order valence-electron chi connectivity index (χ2n) is 6.36. The molecule has 3 N–H and O–H groups in total. The number of nitrogens with two attached hydrogens (primary N) is 1. The van der Waals surface area contributed by atoms with Crippen LogP contribution in [0.15, 0.2) is 71.2 Å². The number of nitrogen functional groups attached to an aromatic ring is 1. The number of pyridine rings is 2. The predicted octanol–water partition coefficient (Wildman–Crippen LogP) is 3.92. The van der Waals surface area contributed by atoms with Gasteiger partial charge in [0.15, 0.2) is 5.43 Å². The molecule has 4 rings (SSSR count). The minimum absolute atomic E-state index is 0.103. The minimum atomic E-state index is -0.103. The van der Waals surface area contributed by atoms with E-state index in [0.717, 1.165) is 24.2 Å². The topological polar surface area (TPSA) is 72.9 Å².